The van der Waals surface area contributed by atoms with Gasteiger partial charge in [0.15, 0.2) is 18.2 Å². The Labute approximate surface area is 214 Å². The van der Waals surface area contributed by atoms with Crippen LogP contribution in [-0.4, -0.2) is 64.3 Å². The summed E-state index contributed by atoms with van der Waals surface area (Å²) >= 11 is 0. The molecule has 1 fully saturated rings. The summed E-state index contributed by atoms with van der Waals surface area (Å²) in [6.45, 7) is 5.71. The van der Waals surface area contributed by atoms with Crippen LogP contribution < -0.4 is 15.4 Å². The van der Waals surface area contributed by atoms with Gasteiger partial charge < -0.3 is 20.3 Å². The molecule has 2 N–H and O–H groups in total. The van der Waals surface area contributed by atoms with Crippen LogP contribution in [0.5, 0.6) is 5.75 Å². The first-order chi connectivity index (χ1) is 17.9. The Hall–Kier alpha value is -4.53. The van der Waals surface area contributed by atoms with Crippen molar-refractivity contribution in [2.24, 2.45) is 0 Å². The van der Waals surface area contributed by atoms with E-state index in [2.05, 4.69) is 33.9 Å². The van der Waals surface area contributed by atoms with E-state index in [0.29, 0.717) is 54.3 Å². The number of piperazine rings is 1. The summed E-state index contributed by atoms with van der Waals surface area (Å²) in [6, 6.07) is 18.8. The van der Waals surface area contributed by atoms with Crippen molar-refractivity contribution in [3.63, 3.8) is 0 Å². The number of carbonyl (C=O) groups is 2. The molecular weight excluding hydrogens is 468 g/mol. The Kier molecular flexibility index (Phi) is 6.68. The largest absolute Gasteiger partial charge is 0.484 e. The van der Waals surface area contributed by atoms with Crippen molar-refractivity contribution in [3.05, 3.63) is 71.8 Å². The standard InChI is InChI=1S/C28H28N6O3/c1-18-3-5-21(6-4-18)23-11-12-24-26(30-23)27(32-28(29)31-24)34-15-13-33(14-16-34)25(36)17-37-22-9-7-20(8-10-22)19(2)35/h3-12H,13-17H2,1-2H3,(H2,29,31,32). The summed E-state index contributed by atoms with van der Waals surface area (Å²) in [5, 5.41) is 0. The van der Waals surface area contributed by atoms with E-state index in [1.54, 1.807) is 29.2 Å². The minimum atomic E-state index is -0.0952. The number of aromatic nitrogens is 3. The minimum absolute atomic E-state index is 0.0136. The highest BCUT2D eigenvalue weighted by molar-refractivity contribution is 5.94. The van der Waals surface area contributed by atoms with Gasteiger partial charge in [0, 0.05) is 37.3 Å². The average molecular weight is 497 g/mol. The Bertz CT molecular complexity index is 1450. The molecule has 4 aromatic rings. The predicted octanol–water partition coefficient (Wildman–Crippen LogP) is 3.51. The molecule has 0 unspecified atom stereocenters. The second-order valence-electron chi connectivity index (χ2n) is 9.07. The molecule has 9 heteroatoms. The molecule has 0 aliphatic carbocycles. The zero-order valence-corrected chi connectivity index (χ0v) is 20.8. The number of amides is 1. The molecule has 188 valence electrons. The Balaban J connectivity index is 1.27. The van der Waals surface area contributed by atoms with Gasteiger partial charge in [-0.3, -0.25) is 9.59 Å². The normalized spacial score (nSPS) is 13.6. The van der Waals surface area contributed by atoms with Crippen LogP contribution in [0.25, 0.3) is 22.3 Å². The Morgan fingerprint density at radius 3 is 2.27 bits per heavy atom. The topological polar surface area (TPSA) is 115 Å². The molecule has 0 spiro atoms. The average Bonchev–Trinajstić information content (AvgIpc) is 2.92. The van der Waals surface area contributed by atoms with Crippen molar-refractivity contribution in [1.82, 2.24) is 19.9 Å². The van der Waals surface area contributed by atoms with Crippen LogP contribution in [-0.2, 0) is 4.79 Å². The van der Waals surface area contributed by atoms with Gasteiger partial charge in [0.05, 0.1) is 11.2 Å². The van der Waals surface area contributed by atoms with Crippen LogP contribution in [0.3, 0.4) is 0 Å². The van der Waals surface area contributed by atoms with Crippen molar-refractivity contribution in [2.45, 2.75) is 13.8 Å². The van der Waals surface area contributed by atoms with Gasteiger partial charge in [-0.2, -0.15) is 4.98 Å². The van der Waals surface area contributed by atoms with Gasteiger partial charge in [-0.15, -0.1) is 0 Å². The molecule has 1 amide bonds. The maximum absolute atomic E-state index is 12.8. The number of carbonyl (C=O) groups excluding carboxylic acids is 2. The van der Waals surface area contributed by atoms with Crippen LogP contribution in [0, 0.1) is 6.92 Å². The fourth-order valence-electron chi connectivity index (χ4n) is 4.31. The fraction of sp³-hybridized carbons (Fsp3) is 0.250. The third-order valence-corrected chi connectivity index (χ3v) is 6.44. The maximum Gasteiger partial charge on any atom is 0.260 e. The smallest absolute Gasteiger partial charge is 0.260 e. The molecule has 2 aromatic carbocycles. The second kappa shape index (κ2) is 10.2. The van der Waals surface area contributed by atoms with E-state index in [1.165, 1.54) is 12.5 Å². The van der Waals surface area contributed by atoms with Gasteiger partial charge in [0.25, 0.3) is 5.91 Å². The van der Waals surface area contributed by atoms with Gasteiger partial charge in [0.2, 0.25) is 5.95 Å². The zero-order chi connectivity index (χ0) is 25.9. The van der Waals surface area contributed by atoms with Gasteiger partial charge in [0.1, 0.15) is 11.3 Å². The summed E-state index contributed by atoms with van der Waals surface area (Å²) in [7, 11) is 0. The van der Waals surface area contributed by atoms with Gasteiger partial charge in [-0.25, -0.2) is 9.97 Å². The summed E-state index contributed by atoms with van der Waals surface area (Å²) in [6.07, 6.45) is 0. The van der Waals surface area contributed by atoms with Crippen LogP contribution >= 0.6 is 0 Å². The first-order valence-corrected chi connectivity index (χ1v) is 12.2. The second-order valence-corrected chi connectivity index (χ2v) is 9.07. The summed E-state index contributed by atoms with van der Waals surface area (Å²) < 4.78 is 5.64. The number of ether oxygens (including phenoxy) is 1. The molecule has 1 aliphatic heterocycles. The quantitative estimate of drug-likeness (QED) is 0.403. The van der Waals surface area contributed by atoms with E-state index in [-0.39, 0.29) is 24.2 Å². The highest BCUT2D eigenvalue weighted by Gasteiger charge is 2.24. The lowest BCUT2D eigenvalue weighted by molar-refractivity contribution is -0.133. The monoisotopic (exact) mass is 496 g/mol. The van der Waals surface area contributed by atoms with Crippen LogP contribution in [0.15, 0.2) is 60.7 Å². The summed E-state index contributed by atoms with van der Waals surface area (Å²) in [4.78, 5) is 41.8. The van der Waals surface area contributed by atoms with E-state index in [9.17, 15) is 9.59 Å². The van der Waals surface area contributed by atoms with E-state index in [4.69, 9.17) is 15.5 Å². The molecule has 1 saturated heterocycles. The minimum Gasteiger partial charge on any atom is -0.484 e. The number of nitrogens with zero attached hydrogens (tertiary/aromatic N) is 5. The third-order valence-electron chi connectivity index (χ3n) is 6.44. The maximum atomic E-state index is 12.8. The molecular formula is C28H28N6O3. The number of nitrogens with two attached hydrogens (primary N) is 1. The molecule has 2 aromatic heterocycles. The number of pyridine rings is 1. The molecule has 0 radical (unpaired) electrons. The molecule has 3 heterocycles. The third kappa shape index (κ3) is 5.35. The number of nitrogen functional groups attached to an aromatic ring is 1. The molecule has 0 atom stereocenters. The van der Waals surface area contributed by atoms with Crippen molar-refractivity contribution in [2.75, 3.05) is 43.4 Å². The molecule has 0 saturated carbocycles. The molecule has 0 bridgehead atoms. The van der Waals surface area contributed by atoms with Crippen LogP contribution in [0.2, 0.25) is 0 Å². The molecule has 9 nitrogen and oxygen atoms in total. The number of rotatable bonds is 6. The molecule has 5 rings (SSSR count). The van der Waals surface area contributed by atoms with E-state index in [1.807, 2.05) is 24.3 Å². The Morgan fingerprint density at radius 1 is 0.892 bits per heavy atom. The number of aryl methyl sites for hydroxylation is 1. The van der Waals surface area contributed by atoms with E-state index in [0.717, 1.165) is 11.3 Å². The highest BCUT2D eigenvalue weighted by Crippen LogP contribution is 2.28. The van der Waals surface area contributed by atoms with Crippen molar-refractivity contribution < 1.29 is 14.3 Å². The van der Waals surface area contributed by atoms with Crippen molar-refractivity contribution in [1.29, 1.82) is 0 Å². The fourth-order valence-corrected chi connectivity index (χ4v) is 4.31. The SMILES string of the molecule is CC(=O)c1ccc(OCC(=O)N2CCN(c3nc(N)nc4ccc(-c5ccc(C)cc5)nc34)CC2)cc1. The van der Waals surface area contributed by atoms with Crippen molar-refractivity contribution in [3.8, 4) is 17.0 Å². The van der Waals surface area contributed by atoms with Crippen LogP contribution in [0.1, 0.15) is 22.8 Å². The number of benzene rings is 2. The zero-order valence-electron chi connectivity index (χ0n) is 20.8. The summed E-state index contributed by atoms with van der Waals surface area (Å²) in [5.74, 6) is 1.30. The lowest BCUT2D eigenvalue weighted by Crippen LogP contribution is -2.50. The van der Waals surface area contributed by atoms with E-state index >= 15 is 0 Å². The highest BCUT2D eigenvalue weighted by atomic mass is 16.5. The lowest BCUT2D eigenvalue weighted by Gasteiger charge is -2.35. The lowest BCUT2D eigenvalue weighted by atomic mass is 10.1. The number of hydrogen-bond acceptors (Lipinski definition) is 8. The first-order valence-electron chi connectivity index (χ1n) is 12.2. The summed E-state index contributed by atoms with van der Waals surface area (Å²) in [5.41, 5.74) is 11.0. The number of anilines is 2. The van der Waals surface area contributed by atoms with E-state index < -0.39 is 0 Å². The number of hydrogen-bond donors (Lipinski definition) is 1. The Morgan fingerprint density at radius 2 is 1.59 bits per heavy atom. The van der Waals surface area contributed by atoms with Gasteiger partial charge >= 0.3 is 0 Å². The van der Waals surface area contributed by atoms with Gasteiger partial charge in [-0.05, 0) is 50.2 Å². The predicted molar refractivity (Wildman–Crippen MR) is 143 cm³/mol. The number of Topliss-reactive ketones (excluding diaryl/α,β-unsaturated/α-hetero) is 1. The van der Waals surface area contributed by atoms with Crippen molar-refractivity contribution >= 4 is 34.5 Å². The molecule has 37 heavy (non-hydrogen) atoms. The van der Waals surface area contributed by atoms with Gasteiger partial charge in [-0.1, -0.05) is 29.8 Å². The number of ketones is 1. The molecule has 1 aliphatic rings. The number of fused-ring (bicyclic) bond motifs is 1. The van der Waals surface area contributed by atoms with Crippen LogP contribution in [0.4, 0.5) is 11.8 Å². The first kappa shape index (κ1) is 24.2.